The lowest BCUT2D eigenvalue weighted by Crippen LogP contribution is -2.56. The van der Waals surface area contributed by atoms with Gasteiger partial charge in [-0.05, 0) is 86.5 Å². The Morgan fingerprint density at radius 1 is 1.14 bits per heavy atom. The average molecular weight is 402 g/mol. The maximum absolute atomic E-state index is 13.4. The third-order valence-corrected chi connectivity index (χ3v) is 9.67. The number of carbonyl (C=O) groups excluding carboxylic acids is 1. The Balaban J connectivity index is 0.00000117. The van der Waals surface area contributed by atoms with E-state index in [4.69, 9.17) is 0 Å². The number of hydrogen-bond acceptors (Lipinski definition) is 3. The van der Waals surface area contributed by atoms with Gasteiger partial charge >= 0.3 is 0 Å². The highest BCUT2D eigenvalue weighted by Gasteiger charge is 2.63. The molecule has 0 aromatic carbocycles. The molecule has 3 N–H and O–H groups in total. The van der Waals surface area contributed by atoms with Crippen LogP contribution in [0.4, 0.5) is 0 Å². The standard InChI is InChI=1S/C25H38O2.CH5N/c1-16-14-21-23(22(27)15-19-9-5-6-13-24(19,21)3)20-12-11-18(25(16,20)4)10-7-8-17(2)26;1-2/h18-21,23,26H,1-2,5-15H2,3-4H3;2H2,1H3. The molecule has 3 nitrogen and oxygen atoms in total. The molecule has 0 heterocycles. The second-order valence-corrected chi connectivity index (χ2v) is 10.7. The SMILES string of the molecule is C=C(O)CCCC1CCC2C3C(=O)CC4CCCCC4(C)C3CC(=C)C12C.CN. The lowest BCUT2D eigenvalue weighted by atomic mass is 9.43. The molecule has 4 rings (SSSR count). The molecule has 0 aromatic rings. The van der Waals surface area contributed by atoms with Crippen LogP contribution in [0.5, 0.6) is 0 Å². The van der Waals surface area contributed by atoms with Crippen molar-refractivity contribution >= 4 is 5.78 Å². The highest BCUT2D eigenvalue weighted by atomic mass is 16.3. The quantitative estimate of drug-likeness (QED) is 0.435. The first kappa shape index (κ1) is 22.6. The molecule has 0 aromatic heterocycles. The Kier molecular flexibility index (Phi) is 6.68. The summed E-state index contributed by atoms with van der Waals surface area (Å²) in [6.45, 7) is 13.2. The van der Waals surface area contributed by atoms with Gasteiger partial charge in [0.2, 0.25) is 0 Å². The largest absolute Gasteiger partial charge is 0.513 e. The van der Waals surface area contributed by atoms with Crippen LogP contribution in [0, 0.1) is 40.4 Å². The van der Waals surface area contributed by atoms with Gasteiger partial charge in [-0.3, -0.25) is 4.79 Å². The highest BCUT2D eigenvalue weighted by molar-refractivity contribution is 5.83. The van der Waals surface area contributed by atoms with E-state index in [0.29, 0.717) is 47.0 Å². The number of fused-ring (bicyclic) bond motifs is 5. The number of aliphatic hydroxyl groups excluding tert-OH is 1. The van der Waals surface area contributed by atoms with Crippen LogP contribution >= 0.6 is 0 Å². The second-order valence-electron chi connectivity index (χ2n) is 10.7. The van der Waals surface area contributed by atoms with Crippen LogP contribution in [-0.2, 0) is 4.79 Å². The fourth-order valence-corrected chi connectivity index (χ4v) is 8.00. The van der Waals surface area contributed by atoms with Crippen LogP contribution in [0.1, 0.15) is 84.5 Å². The fourth-order valence-electron chi connectivity index (χ4n) is 8.00. The molecule has 4 fully saturated rings. The normalized spacial score (nSPS) is 43.5. The Bertz CT molecular complexity index is 655. The first-order chi connectivity index (χ1) is 13.8. The Labute approximate surface area is 178 Å². The van der Waals surface area contributed by atoms with Crippen LogP contribution < -0.4 is 5.73 Å². The molecule has 4 saturated carbocycles. The Morgan fingerprint density at radius 2 is 1.86 bits per heavy atom. The molecule has 164 valence electrons. The summed E-state index contributed by atoms with van der Waals surface area (Å²) in [6, 6.07) is 0. The zero-order valence-electron chi connectivity index (χ0n) is 19.0. The number of nitrogens with two attached hydrogens (primary N) is 1. The van der Waals surface area contributed by atoms with E-state index in [2.05, 4.69) is 32.7 Å². The molecule has 4 aliphatic carbocycles. The lowest BCUT2D eigenvalue weighted by Gasteiger charge is -2.60. The molecule has 7 unspecified atom stereocenters. The number of hydrogen-bond donors (Lipinski definition) is 2. The van der Waals surface area contributed by atoms with Gasteiger partial charge in [-0.25, -0.2) is 0 Å². The van der Waals surface area contributed by atoms with E-state index in [9.17, 15) is 9.90 Å². The van der Waals surface area contributed by atoms with Crippen LogP contribution in [-0.4, -0.2) is 17.9 Å². The van der Waals surface area contributed by atoms with Crippen LogP contribution in [0.15, 0.2) is 24.5 Å². The molecule has 0 aliphatic heterocycles. The Morgan fingerprint density at radius 3 is 2.55 bits per heavy atom. The van der Waals surface area contributed by atoms with Crippen molar-refractivity contribution in [2.45, 2.75) is 84.5 Å². The van der Waals surface area contributed by atoms with Crippen molar-refractivity contribution in [3.63, 3.8) is 0 Å². The molecule has 0 radical (unpaired) electrons. The van der Waals surface area contributed by atoms with Crippen LogP contribution in [0.25, 0.3) is 0 Å². The van der Waals surface area contributed by atoms with E-state index in [0.717, 1.165) is 25.7 Å². The summed E-state index contributed by atoms with van der Waals surface area (Å²) in [7, 11) is 1.50. The van der Waals surface area contributed by atoms with Gasteiger partial charge in [0.25, 0.3) is 0 Å². The van der Waals surface area contributed by atoms with Crippen molar-refractivity contribution in [3.05, 3.63) is 24.5 Å². The first-order valence-corrected chi connectivity index (χ1v) is 11.9. The van der Waals surface area contributed by atoms with Crippen molar-refractivity contribution in [2.24, 2.45) is 46.2 Å². The van der Waals surface area contributed by atoms with Crippen LogP contribution in [0.2, 0.25) is 0 Å². The van der Waals surface area contributed by atoms with Crippen molar-refractivity contribution in [1.29, 1.82) is 0 Å². The number of carbonyl (C=O) groups is 1. The predicted octanol–water partition coefficient (Wildman–Crippen LogP) is 6.20. The molecule has 3 heteroatoms. The van der Waals surface area contributed by atoms with Gasteiger partial charge in [-0.15, -0.1) is 0 Å². The summed E-state index contributed by atoms with van der Waals surface area (Å²) < 4.78 is 0. The third-order valence-electron chi connectivity index (χ3n) is 9.67. The summed E-state index contributed by atoms with van der Waals surface area (Å²) in [5.74, 6) is 3.42. The number of aliphatic hydroxyl groups is 1. The maximum atomic E-state index is 13.4. The minimum absolute atomic E-state index is 0.117. The van der Waals surface area contributed by atoms with E-state index in [-0.39, 0.29) is 11.3 Å². The number of rotatable bonds is 4. The van der Waals surface area contributed by atoms with E-state index in [1.54, 1.807) is 0 Å². The van der Waals surface area contributed by atoms with E-state index in [1.807, 2.05) is 0 Å². The third kappa shape index (κ3) is 3.62. The van der Waals surface area contributed by atoms with Crippen molar-refractivity contribution in [1.82, 2.24) is 0 Å². The molecule has 0 amide bonds. The summed E-state index contributed by atoms with van der Waals surface area (Å²) in [5.41, 5.74) is 6.40. The first-order valence-electron chi connectivity index (χ1n) is 11.9. The molecule has 0 spiro atoms. The van der Waals surface area contributed by atoms with Gasteiger partial charge in [0.15, 0.2) is 0 Å². The molecule has 29 heavy (non-hydrogen) atoms. The van der Waals surface area contributed by atoms with E-state index in [1.165, 1.54) is 51.1 Å². The number of Topliss-reactive ketones (excluding diaryl/α,β-unsaturated/α-hetero) is 1. The van der Waals surface area contributed by atoms with Gasteiger partial charge in [0, 0.05) is 18.8 Å². The average Bonchev–Trinajstić information content (AvgIpc) is 3.02. The molecular weight excluding hydrogens is 358 g/mol. The van der Waals surface area contributed by atoms with Crippen molar-refractivity contribution in [3.8, 4) is 0 Å². The topological polar surface area (TPSA) is 63.3 Å². The Hall–Kier alpha value is -1.09. The molecule has 0 saturated heterocycles. The van der Waals surface area contributed by atoms with Crippen LogP contribution in [0.3, 0.4) is 0 Å². The van der Waals surface area contributed by atoms with Gasteiger partial charge < -0.3 is 10.8 Å². The molecule has 7 atom stereocenters. The second kappa shape index (κ2) is 8.57. The zero-order chi connectivity index (χ0) is 21.4. The summed E-state index contributed by atoms with van der Waals surface area (Å²) >= 11 is 0. The smallest absolute Gasteiger partial charge is 0.136 e. The predicted molar refractivity (Wildman–Crippen MR) is 120 cm³/mol. The lowest BCUT2D eigenvalue weighted by molar-refractivity contribution is -0.150. The molecule has 0 bridgehead atoms. The highest BCUT2D eigenvalue weighted by Crippen LogP contribution is 2.68. The van der Waals surface area contributed by atoms with E-state index < -0.39 is 0 Å². The van der Waals surface area contributed by atoms with Crippen molar-refractivity contribution in [2.75, 3.05) is 7.05 Å². The minimum atomic E-state index is 0.117. The van der Waals surface area contributed by atoms with Gasteiger partial charge in [-0.1, -0.05) is 45.4 Å². The van der Waals surface area contributed by atoms with Gasteiger partial charge in [0.05, 0.1) is 5.76 Å². The van der Waals surface area contributed by atoms with Gasteiger partial charge in [-0.2, -0.15) is 0 Å². The van der Waals surface area contributed by atoms with E-state index >= 15 is 0 Å². The summed E-state index contributed by atoms with van der Waals surface area (Å²) in [6.07, 6.45) is 12.4. The van der Waals surface area contributed by atoms with Crippen molar-refractivity contribution < 1.29 is 9.90 Å². The fraction of sp³-hybridized carbons (Fsp3) is 0.808. The summed E-state index contributed by atoms with van der Waals surface area (Å²) in [4.78, 5) is 13.4. The van der Waals surface area contributed by atoms with Gasteiger partial charge in [0.1, 0.15) is 5.78 Å². The molecule has 4 aliphatic rings. The number of allylic oxidation sites excluding steroid dienone is 2. The maximum Gasteiger partial charge on any atom is 0.136 e. The number of ketones is 1. The molecular formula is C26H43NO2. The monoisotopic (exact) mass is 401 g/mol. The minimum Gasteiger partial charge on any atom is -0.513 e. The zero-order valence-corrected chi connectivity index (χ0v) is 19.0. The summed E-state index contributed by atoms with van der Waals surface area (Å²) in [5, 5.41) is 9.45.